The molecule has 0 aromatic heterocycles. The summed E-state index contributed by atoms with van der Waals surface area (Å²) in [6.07, 6.45) is -2.77. The molecule has 1 rings (SSSR count). The van der Waals surface area contributed by atoms with Crippen LogP contribution in [-0.4, -0.2) is 42.9 Å². The van der Waals surface area contributed by atoms with Crippen molar-refractivity contribution < 1.29 is 33.4 Å². The summed E-state index contributed by atoms with van der Waals surface area (Å²) in [6, 6.07) is 5.80. The molecule has 0 aliphatic rings. The zero-order valence-electron chi connectivity index (χ0n) is 15.2. The highest BCUT2D eigenvalue weighted by Gasteiger charge is 2.21. The van der Waals surface area contributed by atoms with Crippen LogP contribution in [-0.2, 0) is 19.0 Å². The molecule has 0 aliphatic carbocycles. The van der Waals surface area contributed by atoms with Crippen molar-refractivity contribution in [3.8, 4) is 0 Å². The van der Waals surface area contributed by atoms with E-state index in [1.54, 1.807) is 20.8 Å². The first kappa shape index (κ1) is 20.9. The molecule has 0 bridgehead atoms. The molecule has 1 aromatic carbocycles. The van der Waals surface area contributed by atoms with Crippen molar-refractivity contribution in [1.82, 2.24) is 5.32 Å². The third kappa shape index (κ3) is 7.20. The first-order valence-corrected chi connectivity index (χ1v) is 7.71. The lowest BCUT2D eigenvalue weighted by molar-refractivity contribution is -0.128. The average molecular weight is 366 g/mol. The van der Waals surface area contributed by atoms with Gasteiger partial charge in [0.2, 0.25) is 0 Å². The van der Waals surface area contributed by atoms with Crippen molar-refractivity contribution >= 4 is 29.8 Å². The molecular formula is C17H22N2O7. The fraction of sp³-hybridized carbons (Fsp3) is 0.412. The zero-order valence-corrected chi connectivity index (χ0v) is 15.2. The summed E-state index contributed by atoms with van der Waals surface area (Å²) in [5.74, 6) is -1.57. The highest BCUT2D eigenvalue weighted by molar-refractivity contribution is 5.97. The van der Waals surface area contributed by atoms with Gasteiger partial charge in [-0.25, -0.2) is 14.4 Å². The number of hydrogen-bond acceptors (Lipinski definition) is 7. The number of amides is 3. The van der Waals surface area contributed by atoms with Crippen molar-refractivity contribution in [2.24, 2.45) is 0 Å². The van der Waals surface area contributed by atoms with Gasteiger partial charge >= 0.3 is 18.2 Å². The van der Waals surface area contributed by atoms with Crippen molar-refractivity contribution in [2.45, 2.75) is 39.4 Å². The molecule has 0 aliphatic heterocycles. The topological polar surface area (TPSA) is 120 Å². The number of benzene rings is 1. The second kappa shape index (κ2) is 8.84. The minimum Gasteiger partial charge on any atom is -0.453 e. The second-order valence-corrected chi connectivity index (χ2v) is 6.23. The largest absolute Gasteiger partial charge is 0.453 e. The third-order valence-corrected chi connectivity index (χ3v) is 2.83. The molecule has 3 amide bonds. The van der Waals surface area contributed by atoms with E-state index in [4.69, 9.17) is 9.47 Å². The number of imide groups is 1. The number of methoxy groups -OCH3 is 1. The van der Waals surface area contributed by atoms with Crippen molar-refractivity contribution in [1.29, 1.82) is 0 Å². The van der Waals surface area contributed by atoms with E-state index in [1.165, 1.54) is 31.2 Å². The third-order valence-electron chi connectivity index (χ3n) is 2.83. The van der Waals surface area contributed by atoms with E-state index in [9.17, 15) is 19.2 Å². The standard InChI is InChI=1S/C17H22N2O7/c1-10(13(20)19-15(22)24-5)25-14(21)11-6-8-12(9-7-11)18-16(23)26-17(2,3)4/h6-10H,1-5H3,(H,18,23)(H,19,20,22)/t10-/m0/s1. The zero-order chi connectivity index (χ0) is 19.9. The lowest BCUT2D eigenvalue weighted by Crippen LogP contribution is -2.39. The molecule has 26 heavy (non-hydrogen) atoms. The van der Waals surface area contributed by atoms with E-state index in [0.29, 0.717) is 5.69 Å². The molecule has 2 N–H and O–H groups in total. The van der Waals surface area contributed by atoms with Gasteiger partial charge in [0.05, 0.1) is 12.7 Å². The molecule has 0 spiro atoms. The fourth-order valence-corrected chi connectivity index (χ4v) is 1.65. The van der Waals surface area contributed by atoms with E-state index in [0.717, 1.165) is 7.11 Å². The number of carbonyl (C=O) groups is 4. The van der Waals surface area contributed by atoms with Crippen LogP contribution in [0.3, 0.4) is 0 Å². The van der Waals surface area contributed by atoms with E-state index in [-0.39, 0.29) is 5.56 Å². The molecule has 0 heterocycles. The van der Waals surface area contributed by atoms with Gasteiger partial charge < -0.3 is 14.2 Å². The number of alkyl carbamates (subject to hydrolysis) is 1. The van der Waals surface area contributed by atoms with Crippen LogP contribution in [0.5, 0.6) is 0 Å². The second-order valence-electron chi connectivity index (χ2n) is 6.23. The highest BCUT2D eigenvalue weighted by atomic mass is 16.6. The van der Waals surface area contributed by atoms with Gasteiger partial charge in [0.1, 0.15) is 5.60 Å². The number of nitrogens with one attached hydrogen (secondary N) is 2. The fourth-order valence-electron chi connectivity index (χ4n) is 1.65. The number of ether oxygens (including phenoxy) is 3. The highest BCUT2D eigenvalue weighted by Crippen LogP contribution is 2.14. The molecule has 1 atom stereocenters. The molecular weight excluding hydrogens is 344 g/mol. The van der Waals surface area contributed by atoms with Crippen LogP contribution in [0.2, 0.25) is 0 Å². The van der Waals surface area contributed by atoms with Crippen molar-refractivity contribution in [2.75, 3.05) is 12.4 Å². The number of rotatable bonds is 4. The summed E-state index contributed by atoms with van der Waals surface area (Å²) in [5.41, 5.74) is -0.0425. The predicted octanol–water partition coefficient (Wildman–Crippen LogP) is 2.46. The van der Waals surface area contributed by atoms with Crippen LogP contribution in [0.4, 0.5) is 15.3 Å². The lowest BCUT2D eigenvalue weighted by Gasteiger charge is -2.19. The minimum atomic E-state index is -1.19. The Morgan fingerprint density at radius 2 is 1.58 bits per heavy atom. The number of hydrogen-bond donors (Lipinski definition) is 2. The number of carbonyl (C=O) groups excluding carboxylic acids is 4. The Balaban J connectivity index is 2.62. The monoisotopic (exact) mass is 366 g/mol. The Labute approximate surface area is 151 Å². The Kier molecular flexibility index (Phi) is 7.12. The quantitative estimate of drug-likeness (QED) is 0.620. The Morgan fingerprint density at radius 3 is 2.08 bits per heavy atom. The molecule has 9 heteroatoms. The van der Waals surface area contributed by atoms with E-state index in [2.05, 4.69) is 10.1 Å². The lowest BCUT2D eigenvalue weighted by atomic mass is 10.2. The van der Waals surface area contributed by atoms with E-state index >= 15 is 0 Å². The maximum atomic E-state index is 12.0. The predicted molar refractivity (Wildman–Crippen MR) is 91.7 cm³/mol. The van der Waals surface area contributed by atoms with Crippen LogP contribution < -0.4 is 10.6 Å². The van der Waals surface area contributed by atoms with Crippen LogP contribution >= 0.6 is 0 Å². The van der Waals surface area contributed by atoms with Gasteiger partial charge in [-0.15, -0.1) is 0 Å². The summed E-state index contributed by atoms with van der Waals surface area (Å²) in [5, 5.41) is 4.42. The SMILES string of the molecule is COC(=O)NC(=O)[C@H](C)OC(=O)c1ccc(NC(=O)OC(C)(C)C)cc1. The minimum absolute atomic E-state index is 0.164. The smallest absolute Gasteiger partial charge is 0.413 e. The summed E-state index contributed by atoms with van der Waals surface area (Å²) in [4.78, 5) is 46.3. The molecule has 0 saturated carbocycles. The van der Waals surface area contributed by atoms with Crippen molar-refractivity contribution in [3.05, 3.63) is 29.8 Å². The van der Waals surface area contributed by atoms with Crippen LogP contribution in [0.25, 0.3) is 0 Å². The van der Waals surface area contributed by atoms with Crippen molar-refractivity contribution in [3.63, 3.8) is 0 Å². The average Bonchev–Trinajstić information content (AvgIpc) is 2.53. The van der Waals surface area contributed by atoms with Gasteiger partial charge in [-0.3, -0.25) is 15.4 Å². The summed E-state index contributed by atoms with van der Waals surface area (Å²) < 4.78 is 14.4. The number of esters is 1. The maximum Gasteiger partial charge on any atom is 0.413 e. The van der Waals surface area contributed by atoms with E-state index < -0.39 is 35.8 Å². The van der Waals surface area contributed by atoms with Gasteiger partial charge in [0, 0.05) is 5.69 Å². The van der Waals surface area contributed by atoms with Gasteiger partial charge in [-0.2, -0.15) is 0 Å². The number of anilines is 1. The molecule has 1 aromatic rings. The normalized spacial score (nSPS) is 11.7. The summed E-state index contributed by atoms with van der Waals surface area (Å²) >= 11 is 0. The maximum absolute atomic E-state index is 12.0. The van der Waals surface area contributed by atoms with Crippen LogP contribution in [0.15, 0.2) is 24.3 Å². The van der Waals surface area contributed by atoms with Gasteiger partial charge in [-0.1, -0.05) is 0 Å². The van der Waals surface area contributed by atoms with E-state index in [1.807, 2.05) is 5.32 Å². The van der Waals surface area contributed by atoms with Gasteiger partial charge in [-0.05, 0) is 52.0 Å². The molecule has 0 fully saturated rings. The van der Waals surface area contributed by atoms with Crippen LogP contribution in [0, 0.1) is 0 Å². The molecule has 9 nitrogen and oxygen atoms in total. The Bertz CT molecular complexity index is 677. The molecule has 142 valence electrons. The van der Waals surface area contributed by atoms with Gasteiger partial charge in [0.15, 0.2) is 6.10 Å². The first-order valence-electron chi connectivity index (χ1n) is 7.71. The van der Waals surface area contributed by atoms with Gasteiger partial charge in [0.25, 0.3) is 5.91 Å². The molecule has 0 unspecified atom stereocenters. The molecule has 0 radical (unpaired) electrons. The van der Waals surface area contributed by atoms with Crippen LogP contribution in [0.1, 0.15) is 38.1 Å². The Hall–Kier alpha value is -3.10. The summed E-state index contributed by atoms with van der Waals surface area (Å²) in [6.45, 7) is 6.53. The molecule has 0 saturated heterocycles. The summed E-state index contributed by atoms with van der Waals surface area (Å²) in [7, 11) is 1.10. The Morgan fingerprint density at radius 1 is 1.00 bits per heavy atom. The first-order chi connectivity index (χ1) is 12.0.